The molecule has 1 aliphatic rings. The fraction of sp³-hybridized carbons (Fsp3) is 0.692. The molecule has 0 bridgehead atoms. The Morgan fingerprint density at radius 3 is 2.75 bits per heavy atom. The minimum absolute atomic E-state index is 0.0804. The normalized spacial score (nSPS) is 20.9. The van der Waals surface area contributed by atoms with Gasteiger partial charge in [-0.1, -0.05) is 0 Å². The Bertz CT molecular complexity index is 569. The second kappa shape index (κ2) is 6.32. The van der Waals surface area contributed by atoms with Gasteiger partial charge in [-0.15, -0.1) is 22.9 Å². The summed E-state index contributed by atoms with van der Waals surface area (Å²) in [6.45, 7) is 3.30. The molecule has 4 nitrogen and oxygen atoms in total. The van der Waals surface area contributed by atoms with Crippen molar-refractivity contribution in [3.8, 4) is 0 Å². The summed E-state index contributed by atoms with van der Waals surface area (Å²) in [5, 5.41) is 0. The largest absolute Gasteiger partial charge is 0.308 e. The highest BCUT2D eigenvalue weighted by Crippen LogP contribution is 2.33. The summed E-state index contributed by atoms with van der Waals surface area (Å²) in [5.41, 5.74) is 0.965. The summed E-state index contributed by atoms with van der Waals surface area (Å²) < 4.78 is 27.7. The van der Waals surface area contributed by atoms with Gasteiger partial charge in [-0.2, -0.15) is 4.31 Å². The lowest BCUT2D eigenvalue weighted by molar-refractivity contribution is 0.291. The highest BCUT2D eigenvalue weighted by molar-refractivity contribution is 7.91. The fourth-order valence-corrected chi connectivity index (χ4v) is 6.22. The fourth-order valence-electron chi connectivity index (χ4n) is 2.59. The van der Waals surface area contributed by atoms with Gasteiger partial charge in [0.25, 0.3) is 10.0 Å². The van der Waals surface area contributed by atoms with Crippen molar-refractivity contribution in [2.24, 2.45) is 0 Å². The van der Waals surface area contributed by atoms with Crippen LogP contribution in [0.15, 0.2) is 10.3 Å². The predicted octanol–water partition coefficient (Wildman–Crippen LogP) is 2.51. The Morgan fingerprint density at radius 1 is 1.50 bits per heavy atom. The molecule has 2 heterocycles. The maximum atomic E-state index is 12.8. The van der Waals surface area contributed by atoms with Crippen LogP contribution in [0.1, 0.15) is 23.3 Å². The van der Waals surface area contributed by atoms with E-state index in [1.54, 1.807) is 10.4 Å². The molecule has 1 aliphatic heterocycles. The zero-order valence-corrected chi connectivity index (χ0v) is 14.5. The molecular weight excluding hydrogens is 316 g/mol. The molecule has 20 heavy (non-hydrogen) atoms. The van der Waals surface area contributed by atoms with Crippen molar-refractivity contribution in [1.82, 2.24) is 9.21 Å². The van der Waals surface area contributed by atoms with Crippen molar-refractivity contribution in [1.29, 1.82) is 0 Å². The third-order valence-electron chi connectivity index (χ3n) is 3.58. The SMILES string of the molecule is Cc1cc(S(=O)(=O)N2CCCC2CN(C)C)sc1CCl. The molecule has 7 heteroatoms. The molecule has 0 amide bonds. The lowest BCUT2D eigenvalue weighted by Gasteiger charge is -2.25. The maximum Gasteiger partial charge on any atom is 0.252 e. The molecule has 1 aromatic heterocycles. The van der Waals surface area contributed by atoms with E-state index in [1.165, 1.54) is 11.3 Å². The third-order valence-corrected chi connectivity index (χ3v) is 7.65. The Hall–Kier alpha value is -0.140. The van der Waals surface area contributed by atoms with Crippen molar-refractivity contribution < 1.29 is 8.42 Å². The molecule has 0 N–H and O–H groups in total. The van der Waals surface area contributed by atoms with Gasteiger partial charge in [0.2, 0.25) is 0 Å². The summed E-state index contributed by atoms with van der Waals surface area (Å²) in [6.07, 6.45) is 1.87. The molecule has 0 spiro atoms. The second-order valence-electron chi connectivity index (χ2n) is 5.48. The van der Waals surface area contributed by atoms with Crippen LogP contribution >= 0.6 is 22.9 Å². The average molecular weight is 337 g/mol. The van der Waals surface area contributed by atoms with Crippen LogP contribution < -0.4 is 0 Å². The van der Waals surface area contributed by atoms with Crippen molar-refractivity contribution in [3.63, 3.8) is 0 Å². The lowest BCUT2D eigenvalue weighted by Crippen LogP contribution is -2.40. The first-order valence-electron chi connectivity index (χ1n) is 6.68. The molecular formula is C13H21ClN2O2S2. The van der Waals surface area contributed by atoms with Gasteiger partial charge < -0.3 is 4.90 Å². The number of halogens is 1. The Kier molecular flexibility index (Phi) is 5.13. The van der Waals surface area contributed by atoms with Crippen LogP contribution in [0.5, 0.6) is 0 Å². The Labute approximate surface area is 130 Å². The van der Waals surface area contributed by atoms with Gasteiger partial charge in [-0.05, 0) is 45.5 Å². The van der Waals surface area contributed by atoms with Gasteiger partial charge in [0.05, 0.1) is 5.88 Å². The molecule has 1 unspecified atom stereocenters. The van der Waals surface area contributed by atoms with Gasteiger partial charge in [0, 0.05) is 24.0 Å². The van der Waals surface area contributed by atoms with Gasteiger partial charge in [-0.3, -0.25) is 0 Å². The van der Waals surface area contributed by atoms with E-state index < -0.39 is 10.0 Å². The lowest BCUT2D eigenvalue weighted by atomic mass is 10.2. The van der Waals surface area contributed by atoms with E-state index in [0.717, 1.165) is 29.8 Å². The van der Waals surface area contributed by atoms with E-state index >= 15 is 0 Å². The molecule has 1 saturated heterocycles. The molecule has 1 aromatic rings. The number of hydrogen-bond acceptors (Lipinski definition) is 4. The number of likely N-dealkylation sites (N-methyl/N-ethyl adjacent to an activating group) is 1. The number of thiophene rings is 1. The van der Waals surface area contributed by atoms with Crippen LogP contribution in [0.3, 0.4) is 0 Å². The smallest absolute Gasteiger partial charge is 0.252 e. The Morgan fingerprint density at radius 2 is 2.20 bits per heavy atom. The maximum absolute atomic E-state index is 12.8. The zero-order valence-electron chi connectivity index (χ0n) is 12.1. The molecule has 114 valence electrons. The monoisotopic (exact) mass is 336 g/mol. The van der Waals surface area contributed by atoms with E-state index in [1.807, 2.05) is 25.9 Å². The van der Waals surface area contributed by atoms with Crippen LogP contribution in [-0.4, -0.2) is 50.8 Å². The predicted molar refractivity (Wildman–Crippen MR) is 84.1 cm³/mol. The number of sulfonamides is 1. The van der Waals surface area contributed by atoms with Crippen LogP contribution in [0, 0.1) is 6.92 Å². The second-order valence-corrected chi connectivity index (χ2v) is 9.00. The van der Waals surface area contributed by atoms with E-state index in [9.17, 15) is 8.42 Å². The van der Waals surface area contributed by atoms with Crippen LogP contribution in [0.2, 0.25) is 0 Å². The zero-order chi connectivity index (χ0) is 14.9. The molecule has 2 rings (SSSR count). The van der Waals surface area contributed by atoms with Crippen molar-refractivity contribution in [3.05, 3.63) is 16.5 Å². The first-order chi connectivity index (χ1) is 9.36. The number of alkyl halides is 1. The third kappa shape index (κ3) is 3.20. The summed E-state index contributed by atoms with van der Waals surface area (Å²) in [4.78, 5) is 2.98. The highest BCUT2D eigenvalue weighted by Gasteiger charge is 2.36. The first kappa shape index (κ1) is 16.2. The standard InChI is InChI=1S/C13H21ClN2O2S2/c1-10-7-13(19-12(10)8-14)20(17,18)16-6-4-5-11(16)9-15(2)3/h7,11H,4-6,8-9H2,1-3H3. The molecule has 0 aromatic carbocycles. The van der Waals surface area contributed by atoms with E-state index in [0.29, 0.717) is 16.6 Å². The summed E-state index contributed by atoms with van der Waals surface area (Å²) in [6, 6.07) is 1.83. The molecule has 1 atom stereocenters. The first-order valence-corrected chi connectivity index (χ1v) is 9.47. The molecule has 0 radical (unpaired) electrons. The van der Waals surface area contributed by atoms with Crippen molar-refractivity contribution in [2.75, 3.05) is 27.2 Å². The van der Waals surface area contributed by atoms with Gasteiger partial charge in [-0.25, -0.2) is 8.42 Å². The topological polar surface area (TPSA) is 40.6 Å². The number of hydrogen-bond donors (Lipinski definition) is 0. The Balaban J connectivity index is 2.28. The van der Waals surface area contributed by atoms with Gasteiger partial charge in [0.15, 0.2) is 0 Å². The van der Waals surface area contributed by atoms with Gasteiger partial charge >= 0.3 is 0 Å². The summed E-state index contributed by atoms with van der Waals surface area (Å²) >= 11 is 7.15. The van der Waals surface area contributed by atoms with E-state index in [-0.39, 0.29) is 6.04 Å². The van der Waals surface area contributed by atoms with E-state index in [4.69, 9.17) is 11.6 Å². The minimum atomic E-state index is -3.38. The molecule has 0 aliphatic carbocycles. The minimum Gasteiger partial charge on any atom is -0.308 e. The number of nitrogens with zero attached hydrogens (tertiary/aromatic N) is 2. The van der Waals surface area contributed by atoms with Crippen molar-refractivity contribution in [2.45, 2.75) is 35.9 Å². The number of aryl methyl sites for hydroxylation is 1. The molecule has 1 fully saturated rings. The van der Waals surface area contributed by atoms with Crippen LogP contribution in [0.4, 0.5) is 0 Å². The molecule has 0 saturated carbocycles. The van der Waals surface area contributed by atoms with Crippen molar-refractivity contribution >= 4 is 33.0 Å². The van der Waals surface area contributed by atoms with Crippen LogP contribution in [-0.2, 0) is 15.9 Å². The quantitative estimate of drug-likeness (QED) is 0.776. The average Bonchev–Trinajstić information content (AvgIpc) is 2.95. The number of rotatable bonds is 5. The van der Waals surface area contributed by atoms with Gasteiger partial charge in [0.1, 0.15) is 4.21 Å². The van der Waals surface area contributed by atoms with Crippen LogP contribution in [0.25, 0.3) is 0 Å². The highest BCUT2D eigenvalue weighted by atomic mass is 35.5. The van der Waals surface area contributed by atoms with E-state index in [2.05, 4.69) is 0 Å². The summed E-state index contributed by atoms with van der Waals surface area (Å²) in [5.74, 6) is 0.368. The summed E-state index contributed by atoms with van der Waals surface area (Å²) in [7, 11) is 0.574.